The summed E-state index contributed by atoms with van der Waals surface area (Å²) in [5.41, 5.74) is 3.59. The molecule has 9 atom stereocenters. The van der Waals surface area contributed by atoms with E-state index in [2.05, 4.69) is 55.4 Å². The first-order chi connectivity index (χ1) is 14.4. The monoisotopic (exact) mass is 428 g/mol. The minimum absolute atomic E-state index is 0.418. The molecule has 0 aromatic heterocycles. The molecule has 1 N–H and O–H groups in total. The second-order valence-corrected chi connectivity index (χ2v) is 13.9. The van der Waals surface area contributed by atoms with Crippen molar-refractivity contribution in [1.29, 1.82) is 0 Å². The van der Waals surface area contributed by atoms with Crippen LogP contribution in [0.4, 0.5) is 0 Å². The number of allylic oxidation sites excluding steroid dienone is 2. The van der Waals surface area contributed by atoms with Crippen molar-refractivity contribution in [3.63, 3.8) is 0 Å². The molecule has 4 rings (SSSR count). The van der Waals surface area contributed by atoms with Crippen LogP contribution in [0.2, 0.25) is 0 Å². The summed E-state index contributed by atoms with van der Waals surface area (Å²) in [6, 6.07) is 0. The molecule has 0 unspecified atom stereocenters. The zero-order valence-electron chi connectivity index (χ0n) is 22.1. The molecule has 0 amide bonds. The molecule has 0 bridgehead atoms. The molecule has 1 nitrogen and oxygen atoms in total. The third kappa shape index (κ3) is 3.77. The highest BCUT2D eigenvalue weighted by Gasteiger charge is 2.66. The lowest BCUT2D eigenvalue weighted by molar-refractivity contribution is -0.187. The number of fused-ring (bicyclic) bond motifs is 5. The summed E-state index contributed by atoms with van der Waals surface area (Å²) in [5, 5.41) is 12.0. The Hall–Kier alpha value is -0.300. The Labute approximate surface area is 193 Å². The van der Waals surface area contributed by atoms with Crippen LogP contribution < -0.4 is 0 Å². The number of rotatable bonds is 5. The van der Waals surface area contributed by atoms with E-state index in [4.69, 9.17) is 0 Å². The van der Waals surface area contributed by atoms with Gasteiger partial charge in [0.25, 0.3) is 0 Å². The third-order valence-electron chi connectivity index (χ3n) is 11.4. The molecule has 4 aliphatic rings. The minimum atomic E-state index is -0.498. The Morgan fingerprint density at radius 3 is 2.26 bits per heavy atom. The standard InChI is InChI=1S/C30H52O/c1-19(2)10-9-11-21(5)23-12-13-24-27-25(15-17-28(23,24)6)29(7)16-14-22(20(3)4)26(29)18-30(27,8)31/h19,21,23-27,31H,9-18H2,1-8H3/t21-,23-,24+,25+,26+,27+,28-,29-,30-/m1/s1. The molecule has 0 saturated heterocycles. The van der Waals surface area contributed by atoms with E-state index in [1.807, 2.05) is 0 Å². The van der Waals surface area contributed by atoms with Crippen molar-refractivity contribution in [1.82, 2.24) is 0 Å². The molecule has 0 aliphatic heterocycles. The lowest BCUT2D eigenvalue weighted by atomic mass is 9.43. The molecule has 31 heavy (non-hydrogen) atoms. The molecule has 0 radical (unpaired) electrons. The molecule has 1 heteroatoms. The Kier molecular flexibility index (Phi) is 6.29. The highest BCUT2D eigenvalue weighted by atomic mass is 16.3. The van der Waals surface area contributed by atoms with Gasteiger partial charge in [-0.2, -0.15) is 0 Å². The maximum Gasteiger partial charge on any atom is 0.0659 e. The molecule has 4 saturated carbocycles. The quantitative estimate of drug-likeness (QED) is 0.436. The molecule has 0 aromatic rings. The van der Waals surface area contributed by atoms with Crippen molar-refractivity contribution in [2.45, 2.75) is 125 Å². The first kappa shape index (κ1) is 23.8. The van der Waals surface area contributed by atoms with E-state index in [1.54, 1.807) is 5.57 Å². The average molecular weight is 429 g/mol. The predicted molar refractivity (Wildman–Crippen MR) is 133 cm³/mol. The maximum absolute atomic E-state index is 12.0. The van der Waals surface area contributed by atoms with Crippen LogP contribution >= 0.6 is 0 Å². The fraction of sp³-hybridized carbons (Fsp3) is 0.933. The Morgan fingerprint density at radius 1 is 0.935 bits per heavy atom. The highest BCUT2D eigenvalue weighted by molar-refractivity contribution is 5.27. The zero-order valence-corrected chi connectivity index (χ0v) is 22.1. The smallest absolute Gasteiger partial charge is 0.0659 e. The number of hydrogen-bond donors (Lipinski definition) is 1. The van der Waals surface area contributed by atoms with Crippen LogP contribution in [0.15, 0.2) is 11.1 Å². The SMILES string of the molecule is CC(C)=C1CC[C@@]2(C)[C@H]1C[C@@](C)(O)[C@@H]1[C@@H]2CC[C@]2(C)[C@@H]([C@H](C)CCCC(C)C)CC[C@@H]12. The van der Waals surface area contributed by atoms with Crippen molar-refractivity contribution in [2.75, 3.05) is 0 Å². The summed E-state index contributed by atoms with van der Waals surface area (Å²) in [4.78, 5) is 0. The van der Waals surface area contributed by atoms with Gasteiger partial charge in [0.15, 0.2) is 0 Å². The molecule has 0 heterocycles. The van der Waals surface area contributed by atoms with Gasteiger partial charge >= 0.3 is 0 Å². The van der Waals surface area contributed by atoms with E-state index < -0.39 is 5.60 Å². The van der Waals surface area contributed by atoms with Crippen LogP contribution in [-0.4, -0.2) is 10.7 Å². The van der Waals surface area contributed by atoms with Crippen LogP contribution in [0, 0.1) is 52.3 Å². The Bertz CT molecular complexity index is 697. The van der Waals surface area contributed by atoms with Gasteiger partial charge in [-0.05, 0) is 118 Å². The summed E-state index contributed by atoms with van der Waals surface area (Å²) in [5.74, 6) is 5.10. The lowest BCUT2D eigenvalue weighted by Crippen LogP contribution is -2.60. The van der Waals surface area contributed by atoms with Gasteiger partial charge in [0.1, 0.15) is 0 Å². The normalized spacial score (nSPS) is 47.8. The first-order valence-electron chi connectivity index (χ1n) is 13.8. The summed E-state index contributed by atoms with van der Waals surface area (Å²) in [6.07, 6.45) is 13.3. The van der Waals surface area contributed by atoms with Gasteiger partial charge in [-0.25, -0.2) is 0 Å². The van der Waals surface area contributed by atoms with Gasteiger partial charge in [0.2, 0.25) is 0 Å². The van der Waals surface area contributed by atoms with Crippen molar-refractivity contribution in [2.24, 2.45) is 52.3 Å². The molecular weight excluding hydrogens is 376 g/mol. The van der Waals surface area contributed by atoms with E-state index in [0.717, 1.165) is 30.1 Å². The Morgan fingerprint density at radius 2 is 1.61 bits per heavy atom. The molecule has 0 spiro atoms. The van der Waals surface area contributed by atoms with Crippen molar-refractivity contribution >= 4 is 0 Å². The minimum Gasteiger partial charge on any atom is -0.390 e. The first-order valence-corrected chi connectivity index (χ1v) is 13.8. The van der Waals surface area contributed by atoms with Gasteiger partial charge < -0.3 is 5.11 Å². The zero-order chi connectivity index (χ0) is 22.8. The van der Waals surface area contributed by atoms with E-state index in [1.165, 1.54) is 63.4 Å². The summed E-state index contributed by atoms with van der Waals surface area (Å²) in [6.45, 7) is 19.4. The topological polar surface area (TPSA) is 20.2 Å². The molecule has 0 aromatic carbocycles. The lowest BCUT2D eigenvalue weighted by Gasteiger charge is -2.62. The van der Waals surface area contributed by atoms with Gasteiger partial charge in [-0.15, -0.1) is 0 Å². The van der Waals surface area contributed by atoms with Gasteiger partial charge in [-0.1, -0.05) is 65.0 Å². The molecule has 4 aliphatic carbocycles. The summed E-state index contributed by atoms with van der Waals surface area (Å²) >= 11 is 0. The van der Waals surface area contributed by atoms with Crippen LogP contribution in [0.25, 0.3) is 0 Å². The predicted octanol–water partition coefficient (Wildman–Crippen LogP) is 8.41. The van der Waals surface area contributed by atoms with Crippen molar-refractivity contribution in [3.05, 3.63) is 11.1 Å². The summed E-state index contributed by atoms with van der Waals surface area (Å²) in [7, 11) is 0. The number of hydrogen-bond acceptors (Lipinski definition) is 1. The van der Waals surface area contributed by atoms with Crippen LogP contribution in [0.1, 0.15) is 120 Å². The van der Waals surface area contributed by atoms with Crippen LogP contribution in [-0.2, 0) is 0 Å². The van der Waals surface area contributed by atoms with Gasteiger partial charge in [0, 0.05) is 0 Å². The summed E-state index contributed by atoms with van der Waals surface area (Å²) < 4.78 is 0. The van der Waals surface area contributed by atoms with E-state index in [9.17, 15) is 5.11 Å². The van der Waals surface area contributed by atoms with Crippen molar-refractivity contribution < 1.29 is 5.11 Å². The van der Waals surface area contributed by atoms with Gasteiger partial charge in [-0.3, -0.25) is 0 Å². The maximum atomic E-state index is 12.0. The van der Waals surface area contributed by atoms with E-state index >= 15 is 0 Å². The Balaban J connectivity index is 1.58. The second-order valence-electron chi connectivity index (χ2n) is 13.9. The highest BCUT2D eigenvalue weighted by Crippen LogP contribution is 2.71. The second kappa shape index (κ2) is 8.18. The largest absolute Gasteiger partial charge is 0.390 e. The fourth-order valence-electron chi connectivity index (χ4n) is 9.87. The average Bonchev–Trinajstić information content (AvgIpc) is 3.18. The van der Waals surface area contributed by atoms with Crippen LogP contribution in [0.3, 0.4) is 0 Å². The van der Waals surface area contributed by atoms with E-state index in [-0.39, 0.29) is 0 Å². The number of aliphatic hydroxyl groups is 1. The third-order valence-corrected chi connectivity index (χ3v) is 11.4. The molecular formula is C30H52O. The molecule has 178 valence electrons. The van der Waals surface area contributed by atoms with E-state index in [0.29, 0.717) is 28.6 Å². The van der Waals surface area contributed by atoms with Gasteiger partial charge in [0.05, 0.1) is 5.60 Å². The fourth-order valence-corrected chi connectivity index (χ4v) is 9.87. The van der Waals surface area contributed by atoms with Crippen molar-refractivity contribution in [3.8, 4) is 0 Å². The van der Waals surface area contributed by atoms with Crippen LogP contribution in [0.5, 0.6) is 0 Å². The molecule has 4 fully saturated rings.